The largest absolute Gasteiger partial charge is 0.394 e. The van der Waals surface area contributed by atoms with Gasteiger partial charge in [-0.2, -0.15) is 5.26 Å². The molecule has 0 bridgehead atoms. The number of nitriles is 1. The van der Waals surface area contributed by atoms with E-state index in [-0.39, 0.29) is 18.6 Å². The third-order valence-corrected chi connectivity index (χ3v) is 5.63. The highest BCUT2D eigenvalue weighted by atomic mass is 32.1. The lowest BCUT2D eigenvalue weighted by Crippen LogP contribution is -2.48. The number of anilines is 2. The van der Waals surface area contributed by atoms with E-state index < -0.39 is 6.03 Å². The first-order valence-corrected chi connectivity index (χ1v) is 9.87. The van der Waals surface area contributed by atoms with Crippen LogP contribution < -0.4 is 15.5 Å². The number of thiazole rings is 1. The van der Waals surface area contributed by atoms with Gasteiger partial charge in [0.15, 0.2) is 5.01 Å². The molecule has 1 aromatic carbocycles. The van der Waals surface area contributed by atoms with Gasteiger partial charge < -0.3 is 15.3 Å². The molecule has 2 heterocycles. The summed E-state index contributed by atoms with van der Waals surface area (Å²) in [6.07, 6.45) is 6.90. The van der Waals surface area contributed by atoms with Crippen molar-refractivity contribution in [3.05, 3.63) is 40.2 Å². The van der Waals surface area contributed by atoms with Gasteiger partial charge in [-0.05, 0) is 36.8 Å². The van der Waals surface area contributed by atoms with Crippen LogP contribution in [-0.4, -0.2) is 41.9 Å². The maximum atomic E-state index is 12.2. The molecule has 1 aromatic heterocycles. The van der Waals surface area contributed by atoms with E-state index in [1.54, 1.807) is 5.38 Å². The molecule has 1 atom stereocenters. The van der Waals surface area contributed by atoms with Gasteiger partial charge in [0.25, 0.3) is 0 Å². The number of nitrogens with zero attached hydrogens (tertiary/aromatic N) is 3. The second-order valence-electron chi connectivity index (χ2n) is 6.52. The maximum Gasteiger partial charge on any atom is 0.320 e. The molecule has 1 aliphatic heterocycles. The topological polar surface area (TPSA) is 101 Å². The van der Waals surface area contributed by atoms with Crippen molar-refractivity contribution in [2.45, 2.75) is 18.9 Å². The highest BCUT2D eigenvalue weighted by Gasteiger charge is 2.28. The van der Waals surface area contributed by atoms with Gasteiger partial charge in [-0.3, -0.25) is 5.32 Å². The van der Waals surface area contributed by atoms with Gasteiger partial charge in [0.05, 0.1) is 23.9 Å². The predicted molar refractivity (Wildman–Crippen MR) is 109 cm³/mol. The van der Waals surface area contributed by atoms with Crippen LogP contribution in [0.5, 0.6) is 0 Å². The molecule has 0 unspecified atom stereocenters. The Morgan fingerprint density at radius 2 is 2.18 bits per heavy atom. The Morgan fingerprint density at radius 3 is 2.82 bits per heavy atom. The van der Waals surface area contributed by atoms with Crippen molar-refractivity contribution in [3.8, 4) is 18.4 Å². The number of piperidine rings is 1. The fourth-order valence-corrected chi connectivity index (χ4v) is 3.97. The quantitative estimate of drug-likeness (QED) is 0.675. The molecule has 28 heavy (non-hydrogen) atoms. The number of urea groups is 1. The summed E-state index contributed by atoms with van der Waals surface area (Å²) in [7, 11) is 0. The van der Waals surface area contributed by atoms with Crippen molar-refractivity contribution in [1.82, 2.24) is 10.3 Å². The minimum Gasteiger partial charge on any atom is -0.394 e. The molecule has 0 radical (unpaired) electrons. The Hall–Kier alpha value is -3.07. The lowest BCUT2D eigenvalue weighted by molar-refractivity contribution is 0.181. The number of hydrogen-bond donors (Lipinski definition) is 3. The molecule has 2 aromatic rings. The zero-order valence-electron chi connectivity index (χ0n) is 15.3. The van der Waals surface area contributed by atoms with Crippen LogP contribution in [0.25, 0.3) is 0 Å². The minimum atomic E-state index is -0.412. The van der Waals surface area contributed by atoms with Crippen molar-refractivity contribution in [2.24, 2.45) is 5.92 Å². The normalized spacial score (nSPS) is 15.3. The molecule has 0 spiro atoms. The number of amides is 2. The Labute approximate surface area is 168 Å². The summed E-state index contributed by atoms with van der Waals surface area (Å²) >= 11 is 1.28. The van der Waals surface area contributed by atoms with Crippen molar-refractivity contribution < 1.29 is 9.90 Å². The summed E-state index contributed by atoms with van der Waals surface area (Å²) in [5.74, 6) is 2.97. The minimum absolute atomic E-state index is 0.139. The van der Waals surface area contributed by atoms with Crippen molar-refractivity contribution >= 4 is 28.9 Å². The van der Waals surface area contributed by atoms with Crippen LogP contribution in [0, 0.1) is 29.6 Å². The smallest absolute Gasteiger partial charge is 0.320 e. The number of aliphatic hydroxyl groups is 1. The summed E-state index contributed by atoms with van der Waals surface area (Å²) in [6, 6.07) is 9.01. The third-order valence-electron chi connectivity index (χ3n) is 4.86. The van der Waals surface area contributed by atoms with E-state index in [9.17, 15) is 15.2 Å². The second kappa shape index (κ2) is 9.23. The fourth-order valence-electron chi connectivity index (χ4n) is 3.42. The lowest BCUT2D eigenvalue weighted by Gasteiger charge is -2.37. The Balaban J connectivity index is 1.55. The molecule has 1 aliphatic rings. The molecule has 1 saturated heterocycles. The number of carbonyl (C=O) groups excluding carboxylic acids is 1. The Kier molecular flexibility index (Phi) is 6.49. The number of aromatic nitrogens is 1. The standard InChI is InChI=1S/C20H21N5O2S/c1-2-19-23-18(13-28-19)24-20(27)22-16(12-26)14-7-9-25(10-8-14)17-6-4-3-5-15(17)11-21/h1,3-6,13-14,16,26H,7-10,12H2,(H2,22,24,27)/t16-/m1/s1. The molecular weight excluding hydrogens is 374 g/mol. The monoisotopic (exact) mass is 395 g/mol. The fraction of sp³-hybridized carbons (Fsp3) is 0.350. The van der Waals surface area contributed by atoms with Gasteiger partial charge in [-0.15, -0.1) is 17.8 Å². The van der Waals surface area contributed by atoms with Gasteiger partial charge >= 0.3 is 6.03 Å². The van der Waals surface area contributed by atoms with E-state index >= 15 is 0 Å². The number of rotatable bonds is 5. The number of para-hydroxylation sites is 1. The van der Waals surface area contributed by atoms with Crippen LogP contribution in [-0.2, 0) is 0 Å². The lowest BCUT2D eigenvalue weighted by atomic mass is 9.89. The van der Waals surface area contributed by atoms with Crippen LogP contribution in [0.4, 0.5) is 16.3 Å². The van der Waals surface area contributed by atoms with Gasteiger partial charge in [0.2, 0.25) is 0 Å². The van der Waals surface area contributed by atoms with Crippen LogP contribution in [0.2, 0.25) is 0 Å². The first-order chi connectivity index (χ1) is 13.6. The molecule has 0 aliphatic carbocycles. The first kappa shape index (κ1) is 19.7. The van der Waals surface area contributed by atoms with Gasteiger partial charge in [0.1, 0.15) is 11.9 Å². The van der Waals surface area contributed by atoms with E-state index in [1.165, 1.54) is 11.3 Å². The molecule has 3 N–H and O–H groups in total. The number of carbonyl (C=O) groups is 1. The number of terminal acetylenes is 1. The average molecular weight is 395 g/mol. The molecule has 144 valence electrons. The predicted octanol–water partition coefficient (Wildman–Crippen LogP) is 2.40. The third kappa shape index (κ3) is 4.61. The van der Waals surface area contributed by atoms with Gasteiger partial charge in [-0.25, -0.2) is 9.78 Å². The van der Waals surface area contributed by atoms with Crippen LogP contribution in [0.15, 0.2) is 29.6 Å². The second-order valence-corrected chi connectivity index (χ2v) is 7.38. The van der Waals surface area contributed by atoms with Crippen molar-refractivity contribution in [2.75, 3.05) is 29.9 Å². The number of nitrogens with one attached hydrogen (secondary N) is 2. The molecule has 1 fully saturated rings. The van der Waals surface area contributed by atoms with E-state index in [0.717, 1.165) is 31.6 Å². The number of aliphatic hydroxyl groups excluding tert-OH is 1. The summed E-state index contributed by atoms with van der Waals surface area (Å²) in [6.45, 7) is 1.39. The first-order valence-electron chi connectivity index (χ1n) is 8.99. The van der Waals surface area contributed by atoms with Crippen molar-refractivity contribution in [3.63, 3.8) is 0 Å². The molecule has 0 saturated carbocycles. The molecule has 7 nitrogen and oxygen atoms in total. The summed E-state index contributed by atoms with van der Waals surface area (Å²) in [5.41, 5.74) is 1.59. The molecular formula is C20H21N5O2S. The molecule has 3 rings (SSSR count). The highest BCUT2D eigenvalue weighted by Crippen LogP contribution is 2.27. The summed E-state index contributed by atoms with van der Waals surface area (Å²) in [5, 5.41) is 26.7. The van der Waals surface area contributed by atoms with E-state index in [4.69, 9.17) is 6.42 Å². The SMILES string of the molecule is C#Cc1nc(NC(=O)N[C@H](CO)C2CCN(c3ccccc3C#N)CC2)cs1. The Bertz CT molecular complexity index is 906. The van der Waals surface area contributed by atoms with Gasteiger partial charge in [-0.1, -0.05) is 12.1 Å². The van der Waals surface area contributed by atoms with Crippen LogP contribution in [0.3, 0.4) is 0 Å². The van der Waals surface area contributed by atoms with E-state index in [0.29, 0.717) is 16.4 Å². The molecule has 8 heteroatoms. The van der Waals surface area contributed by atoms with E-state index in [2.05, 4.69) is 32.5 Å². The highest BCUT2D eigenvalue weighted by molar-refractivity contribution is 7.10. The van der Waals surface area contributed by atoms with Crippen LogP contribution in [0.1, 0.15) is 23.4 Å². The Morgan fingerprint density at radius 1 is 1.43 bits per heavy atom. The van der Waals surface area contributed by atoms with Crippen molar-refractivity contribution in [1.29, 1.82) is 5.26 Å². The maximum absolute atomic E-state index is 12.2. The molecule has 2 amide bonds. The average Bonchev–Trinajstić information content (AvgIpc) is 3.19. The van der Waals surface area contributed by atoms with Crippen LogP contribution >= 0.6 is 11.3 Å². The summed E-state index contributed by atoms with van der Waals surface area (Å²) in [4.78, 5) is 18.5. The zero-order chi connectivity index (χ0) is 19.9. The zero-order valence-corrected chi connectivity index (χ0v) is 16.1. The summed E-state index contributed by atoms with van der Waals surface area (Å²) < 4.78 is 0. The number of benzene rings is 1. The number of hydrogen-bond acceptors (Lipinski definition) is 6. The van der Waals surface area contributed by atoms with Gasteiger partial charge in [0, 0.05) is 18.5 Å². The van der Waals surface area contributed by atoms with E-state index in [1.807, 2.05) is 24.3 Å².